The van der Waals surface area contributed by atoms with Crippen LogP contribution in [0.4, 0.5) is 0 Å². The summed E-state index contributed by atoms with van der Waals surface area (Å²) in [4.78, 5) is 0. The van der Waals surface area contributed by atoms with Gasteiger partial charge in [0.15, 0.2) is 0 Å². The lowest BCUT2D eigenvalue weighted by molar-refractivity contribution is 0.124. The van der Waals surface area contributed by atoms with Crippen LogP contribution in [0.5, 0.6) is 0 Å². The van der Waals surface area contributed by atoms with Gasteiger partial charge in [-0.2, -0.15) is 0 Å². The maximum Gasteiger partial charge on any atom is 0.00790 e. The third-order valence-corrected chi connectivity index (χ3v) is 3.52. The average molecular weight is 198 g/mol. The highest BCUT2D eigenvalue weighted by molar-refractivity contribution is 4.88. The highest BCUT2D eigenvalue weighted by Crippen LogP contribution is 2.42. The summed E-state index contributed by atoms with van der Waals surface area (Å²) in [5, 5.41) is 7.00. The van der Waals surface area contributed by atoms with Crippen LogP contribution >= 0.6 is 0 Å². The van der Waals surface area contributed by atoms with Gasteiger partial charge in [-0.3, -0.25) is 0 Å². The number of rotatable bonds is 7. The predicted octanol–water partition coefficient (Wildman–Crippen LogP) is 2.15. The zero-order valence-electron chi connectivity index (χ0n) is 10.0. The Balaban J connectivity index is 1.97. The van der Waals surface area contributed by atoms with Gasteiger partial charge in [-0.05, 0) is 24.7 Å². The summed E-state index contributed by atoms with van der Waals surface area (Å²) in [7, 11) is 0. The van der Waals surface area contributed by atoms with Crippen molar-refractivity contribution < 1.29 is 0 Å². The number of hydrogen-bond donors (Lipinski definition) is 2. The van der Waals surface area contributed by atoms with Crippen molar-refractivity contribution in [1.82, 2.24) is 10.6 Å². The molecule has 84 valence electrons. The molecule has 1 saturated carbocycles. The smallest absolute Gasteiger partial charge is 0.00790 e. The zero-order valence-corrected chi connectivity index (χ0v) is 10.0. The molecule has 2 heteroatoms. The standard InChI is InChI=1S/C12H26N2/c1-4-12(6-5-7-12)10-13-8-9-14-11(2)3/h11,13-14H,4-10H2,1-3H3. The summed E-state index contributed by atoms with van der Waals surface area (Å²) in [5.41, 5.74) is 0.665. The van der Waals surface area contributed by atoms with Gasteiger partial charge in [-0.15, -0.1) is 0 Å². The molecule has 0 bridgehead atoms. The fourth-order valence-corrected chi connectivity index (χ4v) is 2.13. The molecule has 1 aliphatic rings. The molecular weight excluding hydrogens is 172 g/mol. The summed E-state index contributed by atoms with van der Waals surface area (Å²) in [6.07, 6.45) is 5.67. The molecule has 1 rings (SSSR count). The van der Waals surface area contributed by atoms with E-state index in [1.54, 1.807) is 0 Å². The largest absolute Gasteiger partial charge is 0.315 e. The first-order valence-electron chi connectivity index (χ1n) is 6.13. The lowest BCUT2D eigenvalue weighted by atomic mass is 9.67. The van der Waals surface area contributed by atoms with E-state index in [-0.39, 0.29) is 0 Å². The van der Waals surface area contributed by atoms with E-state index < -0.39 is 0 Å². The maximum absolute atomic E-state index is 3.57. The van der Waals surface area contributed by atoms with E-state index in [4.69, 9.17) is 0 Å². The topological polar surface area (TPSA) is 24.1 Å². The molecule has 0 unspecified atom stereocenters. The Kier molecular flexibility index (Phi) is 4.90. The Morgan fingerprint density at radius 1 is 1.21 bits per heavy atom. The predicted molar refractivity (Wildman–Crippen MR) is 62.6 cm³/mol. The van der Waals surface area contributed by atoms with Crippen LogP contribution in [-0.4, -0.2) is 25.7 Å². The summed E-state index contributed by atoms with van der Waals surface area (Å²) in [5.74, 6) is 0. The van der Waals surface area contributed by atoms with Gasteiger partial charge < -0.3 is 10.6 Å². The molecule has 1 aliphatic carbocycles. The molecule has 14 heavy (non-hydrogen) atoms. The summed E-state index contributed by atoms with van der Waals surface area (Å²) < 4.78 is 0. The Morgan fingerprint density at radius 2 is 1.93 bits per heavy atom. The number of hydrogen-bond acceptors (Lipinski definition) is 2. The van der Waals surface area contributed by atoms with Crippen molar-refractivity contribution in [3.05, 3.63) is 0 Å². The SMILES string of the molecule is CCC1(CNCCNC(C)C)CCC1. The molecule has 0 amide bonds. The van der Waals surface area contributed by atoms with Gasteiger partial charge in [-0.25, -0.2) is 0 Å². The van der Waals surface area contributed by atoms with Crippen molar-refractivity contribution in [3.8, 4) is 0 Å². The van der Waals surface area contributed by atoms with Crippen molar-refractivity contribution in [1.29, 1.82) is 0 Å². The first kappa shape index (κ1) is 12.0. The molecule has 0 aromatic heterocycles. The van der Waals surface area contributed by atoms with Crippen LogP contribution < -0.4 is 10.6 Å². The normalized spacial score (nSPS) is 19.7. The molecular formula is C12H26N2. The molecule has 0 aromatic carbocycles. The van der Waals surface area contributed by atoms with E-state index in [2.05, 4.69) is 31.4 Å². The van der Waals surface area contributed by atoms with Gasteiger partial charge in [-0.1, -0.05) is 27.2 Å². The zero-order chi connectivity index (χ0) is 10.4. The van der Waals surface area contributed by atoms with E-state index in [1.807, 2.05) is 0 Å². The van der Waals surface area contributed by atoms with Crippen LogP contribution in [-0.2, 0) is 0 Å². The quantitative estimate of drug-likeness (QED) is 0.613. The van der Waals surface area contributed by atoms with Crippen molar-refractivity contribution in [2.24, 2.45) is 5.41 Å². The van der Waals surface area contributed by atoms with Gasteiger partial charge >= 0.3 is 0 Å². The van der Waals surface area contributed by atoms with E-state index in [9.17, 15) is 0 Å². The van der Waals surface area contributed by atoms with Gasteiger partial charge in [0.2, 0.25) is 0 Å². The molecule has 2 N–H and O–H groups in total. The molecule has 0 spiro atoms. The van der Waals surface area contributed by atoms with Crippen LogP contribution in [0.3, 0.4) is 0 Å². The van der Waals surface area contributed by atoms with Gasteiger partial charge in [0.25, 0.3) is 0 Å². The first-order valence-corrected chi connectivity index (χ1v) is 6.13. The van der Waals surface area contributed by atoms with E-state index in [0.717, 1.165) is 13.1 Å². The fourth-order valence-electron chi connectivity index (χ4n) is 2.13. The van der Waals surface area contributed by atoms with Crippen LogP contribution in [0, 0.1) is 5.41 Å². The fraction of sp³-hybridized carbons (Fsp3) is 1.00. The lowest BCUT2D eigenvalue weighted by Crippen LogP contribution is -2.42. The van der Waals surface area contributed by atoms with Gasteiger partial charge in [0.05, 0.1) is 0 Å². The minimum atomic E-state index is 0.612. The third-order valence-electron chi connectivity index (χ3n) is 3.52. The monoisotopic (exact) mass is 198 g/mol. The van der Waals surface area contributed by atoms with E-state index in [0.29, 0.717) is 11.5 Å². The molecule has 0 atom stereocenters. The molecule has 0 aliphatic heterocycles. The first-order chi connectivity index (χ1) is 6.68. The Morgan fingerprint density at radius 3 is 2.36 bits per heavy atom. The van der Waals surface area contributed by atoms with Crippen molar-refractivity contribution in [3.63, 3.8) is 0 Å². The van der Waals surface area contributed by atoms with Gasteiger partial charge in [0, 0.05) is 25.7 Å². The Labute approximate surface area is 88.8 Å². The number of nitrogens with one attached hydrogen (secondary N) is 2. The molecule has 0 saturated heterocycles. The second kappa shape index (κ2) is 5.72. The highest BCUT2D eigenvalue weighted by atomic mass is 15.0. The second-order valence-electron chi connectivity index (χ2n) is 4.99. The summed E-state index contributed by atoms with van der Waals surface area (Å²) >= 11 is 0. The minimum Gasteiger partial charge on any atom is -0.315 e. The lowest BCUT2D eigenvalue weighted by Gasteiger charge is -2.41. The van der Waals surface area contributed by atoms with Gasteiger partial charge in [0.1, 0.15) is 0 Å². The summed E-state index contributed by atoms with van der Waals surface area (Å²) in [6.45, 7) is 10.1. The minimum absolute atomic E-state index is 0.612. The molecule has 0 heterocycles. The van der Waals surface area contributed by atoms with Crippen LogP contribution in [0.1, 0.15) is 46.5 Å². The Bertz CT molecular complexity index is 145. The van der Waals surface area contributed by atoms with Crippen LogP contribution in [0.15, 0.2) is 0 Å². The summed E-state index contributed by atoms with van der Waals surface area (Å²) in [6, 6.07) is 0.612. The van der Waals surface area contributed by atoms with Crippen molar-refractivity contribution >= 4 is 0 Å². The van der Waals surface area contributed by atoms with Crippen LogP contribution in [0.25, 0.3) is 0 Å². The van der Waals surface area contributed by atoms with Crippen LogP contribution in [0.2, 0.25) is 0 Å². The molecule has 1 fully saturated rings. The second-order valence-corrected chi connectivity index (χ2v) is 4.99. The average Bonchev–Trinajstić information content (AvgIpc) is 2.08. The highest BCUT2D eigenvalue weighted by Gasteiger charge is 2.34. The van der Waals surface area contributed by atoms with E-state index in [1.165, 1.54) is 32.2 Å². The Hall–Kier alpha value is -0.0800. The molecule has 0 aromatic rings. The van der Waals surface area contributed by atoms with Crippen molar-refractivity contribution in [2.45, 2.75) is 52.5 Å². The third kappa shape index (κ3) is 3.58. The molecule has 2 nitrogen and oxygen atoms in total. The molecule has 0 radical (unpaired) electrons. The van der Waals surface area contributed by atoms with E-state index >= 15 is 0 Å². The maximum atomic E-state index is 3.57. The van der Waals surface area contributed by atoms with Crippen molar-refractivity contribution in [2.75, 3.05) is 19.6 Å².